The first-order valence-electron chi connectivity index (χ1n) is 7.06. The number of nitrogens with zero attached hydrogens (tertiary/aromatic N) is 2. The van der Waals surface area contributed by atoms with Gasteiger partial charge in [-0.25, -0.2) is 4.98 Å². The van der Waals surface area contributed by atoms with E-state index >= 15 is 0 Å². The van der Waals surface area contributed by atoms with Crippen LogP contribution >= 0.6 is 0 Å². The number of pyridine rings is 1. The number of ether oxygens (including phenoxy) is 1. The van der Waals surface area contributed by atoms with Crippen molar-refractivity contribution in [3.63, 3.8) is 0 Å². The van der Waals surface area contributed by atoms with E-state index in [1.807, 2.05) is 18.2 Å². The number of fused-ring (bicyclic) bond motifs is 1. The number of nitrogens with one attached hydrogen (secondary N) is 1. The Hall–Kier alpha value is -1.81. The number of likely N-dealkylation sites (N-methyl/N-ethyl adjacent to an activating group) is 1. The molecule has 0 saturated carbocycles. The van der Waals surface area contributed by atoms with Gasteiger partial charge in [0, 0.05) is 18.0 Å². The predicted molar refractivity (Wildman–Crippen MR) is 82.6 cm³/mol. The number of aromatic nitrogens is 1. The molecule has 4 heteroatoms. The SMILES string of the molecule is COc1ccc2nc(N[C@H]3CCN(C)C3)cc(C)c2c1. The zero-order chi connectivity index (χ0) is 14.1. The van der Waals surface area contributed by atoms with E-state index in [9.17, 15) is 0 Å². The molecule has 0 unspecified atom stereocenters. The van der Waals surface area contributed by atoms with E-state index in [0.29, 0.717) is 6.04 Å². The molecule has 0 aliphatic carbocycles. The second-order valence-corrected chi connectivity index (χ2v) is 5.60. The highest BCUT2D eigenvalue weighted by molar-refractivity contribution is 5.85. The van der Waals surface area contributed by atoms with Gasteiger partial charge >= 0.3 is 0 Å². The molecule has 0 amide bonds. The van der Waals surface area contributed by atoms with Gasteiger partial charge in [0.25, 0.3) is 0 Å². The third-order valence-electron chi connectivity index (χ3n) is 3.97. The van der Waals surface area contributed by atoms with Crippen LogP contribution in [0.15, 0.2) is 24.3 Å². The minimum absolute atomic E-state index is 0.502. The molecule has 0 radical (unpaired) electrons. The van der Waals surface area contributed by atoms with Crippen molar-refractivity contribution in [2.24, 2.45) is 0 Å². The first-order valence-corrected chi connectivity index (χ1v) is 7.06. The van der Waals surface area contributed by atoms with Crippen molar-refractivity contribution in [3.05, 3.63) is 29.8 Å². The number of rotatable bonds is 3. The zero-order valence-corrected chi connectivity index (χ0v) is 12.3. The summed E-state index contributed by atoms with van der Waals surface area (Å²) >= 11 is 0. The molecule has 1 fully saturated rings. The number of benzene rings is 1. The summed E-state index contributed by atoms with van der Waals surface area (Å²) in [5.74, 6) is 1.85. The lowest BCUT2D eigenvalue weighted by atomic mass is 10.1. The van der Waals surface area contributed by atoms with Crippen LogP contribution in [0.2, 0.25) is 0 Å². The molecule has 3 rings (SSSR count). The van der Waals surface area contributed by atoms with Gasteiger partial charge in [-0.05, 0) is 56.8 Å². The second-order valence-electron chi connectivity index (χ2n) is 5.60. The van der Waals surface area contributed by atoms with Gasteiger partial charge < -0.3 is 15.0 Å². The van der Waals surface area contributed by atoms with Crippen molar-refractivity contribution < 1.29 is 4.74 Å². The summed E-state index contributed by atoms with van der Waals surface area (Å²) in [6, 6.07) is 8.66. The van der Waals surface area contributed by atoms with E-state index in [2.05, 4.69) is 30.3 Å². The van der Waals surface area contributed by atoms with Gasteiger partial charge in [-0.2, -0.15) is 0 Å². The predicted octanol–water partition coefficient (Wildman–Crippen LogP) is 2.67. The Morgan fingerprint density at radius 3 is 2.90 bits per heavy atom. The Morgan fingerprint density at radius 2 is 2.20 bits per heavy atom. The van der Waals surface area contributed by atoms with Gasteiger partial charge in [-0.3, -0.25) is 0 Å². The van der Waals surface area contributed by atoms with E-state index in [-0.39, 0.29) is 0 Å². The van der Waals surface area contributed by atoms with E-state index in [0.717, 1.165) is 35.6 Å². The maximum absolute atomic E-state index is 5.28. The summed E-state index contributed by atoms with van der Waals surface area (Å²) in [5.41, 5.74) is 2.24. The molecule has 1 aromatic heterocycles. The summed E-state index contributed by atoms with van der Waals surface area (Å²) < 4.78 is 5.28. The van der Waals surface area contributed by atoms with Crippen molar-refractivity contribution in [1.29, 1.82) is 0 Å². The van der Waals surface area contributed by atoms with Gasteiger partial charge in [0.15, 0.2) is 0 Å². The first kappa shape index (κ1) is 13.2. The van der Waals surface area contributed by atoms with Crippen LogP contribution in [-0.2, 0) is 0 Å². The molecule has 1 saturated heterocycles. The average molecular weight is 271 g/mol. The van der Waals surface area contributed by atoms with Crippen LogP contribution in [0.3, 0.4) is 0 Å². The Balaban J connectivity index is 1.89. The summed E-state index contributed by atoms with van der Waals surface area (Å²) in [6.45, 7) is 4.36. The third-order valence-corrected chi connectivity index (χ3v) is 3.97. The van der Waals surface area contributed by atoms with Gasteiger partial charge in [-0.1, -0.05) is 0 Å². The third kappa shape index (κ3) is 2.56. The molecule has 0 bridgehead atoms. The monoisotopic (exact) mass is 271 g/mol. The fourth-order valence-corrected chi connectivity index (χ4v) is 2.84. The number of hydrogen-bond acceptors (Lipinski definition) is 4. The highest BCUT2D eigenvalue weighted by atomic mass is 16.5. The van der Waals surface area contributed by atoms with Gasteiger partial charge in [0.1, 0.15) is 11.6 Å². The Labute approximate surface area is 119 Å². The first-order chi connectivity index (χ1) is 9.65. The van der Waals surface area contributed by atoms with Crippen molar-refractivity contribution in [1.82, 2.24) is 9.88 Å². The average Bonchev–Trinajstić information content (AvgIpc) is 2.84. The molecular weight excluding hydrogens is 250 g/mol. The van der Waals surface area contributed by atoms with Crippen molar-refractivity contribution >= 4 is 16.7 Å². The Bertz CT molecular complexity index is 626. The van der Waals surface area contributed by atoms with Crippen LogP contribution in [-0.4, -0.2) is 43.2 Å². The summed E-state index contributed by atoms with van der Waals surface area (Å²) in [4.78, 5) is 7.06. The highest BCUT2D eigenvalue weighted by Gasteiger charge is 2.19. The lowest BCUT2D eigenvalue weighted by Gasteiger charge is -2.15. The van der Waals surface area contributed by atoms with E-state index in [1.54, 1.807) is 7.11 Å². The molecule has 106 valence electrons. The Morgan fingerprint density at radius 1 is 1.35 bits per heavy atom. The normalized spacial score (nSPS) is 19.4. The van der Waals surface area contributed by atoms with E-state index < -0.39 is 0 Å². The zero-order valence-electron chi connectivity index (χ0n) is 12.3. The maximum atomic E-state index is 5.28. The number of methoxy groups -OCH3 is 1. The molecule has 4 nitrogen and oxygen atoms in total. The van der Waals surface area contributed by atoms with Crippen molar-refractivity contribution in [3.8, 4) is 5.75 Å². The molecule has 0 spiro atoms. The van der Waals surface area contributed by atoms with Crippen LogP contribution in [0.5, 0.6) is 5.75 Å². The highest BCUT2D eigenvalue weighted by Crippen LogP contribution is 2.25. The van der Waals surface area contributed by atoms with Crippen LogP contribution in [0, 0.1) is 6.92 Å². The fourth-order valence-electron chi connectivity index (χ4n) is 2.84. The van der Waals surface area contributed by atoms with E-state index in [4.69, 9.17) is 9.72 Å². The van der Waals surface area contributed by atoms with E-state index in [1.165, 1.54) is 12.0 Å². The number of anilines is 1. The molecule has 1 aliphatic rings. The number of aryl methyl sites for hydroxylation is 1. The maximum Gasteiger partial charge on any atom is 0.127 e. The largest absolute Gasteiger partial charge is 0.497 e. The minimum atomic E-state index is 0.502. The standard InChI is InChI=1S/C16H21N3O/c1-11-8-16(17-12-6-7-19(2)10-12)18-15-5-4-13(20-3)9-14(11)15/h4-5,8-9,12H,6-7,10H2,1-3H3,(H,17,18)/t12-/m0/s1. The van der Waals surface area contributed by atoms with Gasteiger partial charge in [0.2, 0.25) is 0 Å². The molecule has 2 aromatic rings. The molecule has 1 aromatic carbocycles. The molecular formula is C16H21N3O. The molecule has 1 atom stereocenters. The molecule has 20 heavy (non-hydrogen) atoms. The van der Waals surface area contributed by atoms with Crippen LogP contribution < -0.4 is 10.1 Å². The van der Waals surface area contributed by atoms with Crippen LogP contribution in [0.4, 0.5) is 5.82 Å². The lowest BCUT2D eigenvalue weighted by Crippen LogP contribution is -2.24. The minimum Gasteiger partial charge on any atom is -0.497 e. The summed E-state index contributed by atoms with van der Waals surface area (Å²) in [5, 5.41) is 4.70. The summed E-state index contributed by atoms with van der Waals surface area (Å²) in [6.07, 6.45) is 1.18. The van der Waals surface area contributed by atoms with Crippen molar-refractivity contribution in [2.75, 3.05) is 32.6 Å². The quantitative estimate of drug-likeness (QED) is 0.931. The van der Waals surface area contributed by atoms with Crippen molar-refractivity contribution in [2.45, 2.75) is 19.4 Å². The van der Waals surface area contributed by atoms with Gasteiger partial charge in [0.05, 0.1) is 12.6 Å². The fraction of sp³-hybridized carbons (Fsp3) is 0.438. The summed E-state index contributed by atoms with van der Waals surface area (Å²) in [7, 11) is 3.85. The molecule has 2 heterocycles. The van der Waals surface area contributed by atoms with Crippen LogP contribution in [0.1, 0.15) is 12.0 Å². The smallest absolute Gasteiger partial charge is 0.127 e. The Kier molecular flexibility index (Phi) is 3.49. The topological polar surface area (TPSA) is 37.4 Å². The van der Waals surface area contributed by atoms with Gasteiger partial charge in [-0.15, -0.1) is 0 Å². The molecule has 1 aliphatic heterocycles. The number of likely N-dealkylation sites (tertiary alicyclic amines) is 1. The second kappa shape index (κ2) is 5.29. The van der Waals surface area contributed by atoms with Crippen LogP contribution in [0.25, 0.3) is 10.9 Å². The molecule has 1 N–H and O–H groups in total. The number of hydrogen-bond donors (Lipinski definition) is 1. The lowest BCUT2D eigenvalue weighted by molar-refractivity contribution is 0.414.